The number of hydrogen-bond donors (Lipinski definition) is 1. The van der Waals surface area contributed by atoms with Gasteiger partial charge >= 0.3 is 0 Å². The zero-order valence-electron chi connectivity index (χ0n) is 12.8. The Bertz CT molecular complexity index is 932. The van der Waals surface area contributed by atoms with Gasteiger partial charge in [-0.2, -0.15) is 15.5 Å². The van der Waals surface area contributed by atoms with Crippen LogP contribution in [-0.4, -0.2) is 19.9 Å². The van der Waals surface area contributed by atoms with Crippen LogP contribution in [0.4, 0.5) is 0 Å². The lowest BCUT2D eigenvalue weighted by atomic mass is 10.1. The standard InChI is InChI=1S/C18H16N4O/c1-11(23)16-7-14(10-20-21-16)18-8-13-3-2-12(9-19)6-17(13)22(18)15-4-5-15/h2-3,6-8,10-11,15,23H,4-5H2,1H3. The molecule has 1 aliphatic rings. The molecule has 0 amide bonds. The van der Waals surface area contributed by atoms with Crippen LogP contribution in [0.5, 0.6) is 0 Å². The summed E-state index contributed by atoms with van der Waals surface area (Å²) in [7, 11) is 0. The molecule has 2 heterocycles. The third kappa shape index (κ3) is 2.37. The maximum Gasteiger partial charge on any atom is 0.0992 e. The number of aliphatic hydroxyl groups is 1. The first-order valence-electron chi connectivity index (χ1n) is 7.73. The first-order valence-corrected chi connectivity index (χ1v) is 7.73. The van der Waals surface area contributed by atoms with Crippen molar-refractivity contribution >= 4 is 10.9 Å². The zero-order valence-corrected chi connectivity index (χ0v) is 12.8. The Morgan fingerprint density at radius 1 is 1.30 bits per heavy atom. The lowest BCUT2D eigenvalue weighted by Crippen LogP contribution is -2.01. The molecular weight excluding hydrogens is 288 g/mol. The second-order valence-electron chi connectivity index (χ2n) is 6.06. The fourth-order valence-electron chi connectivity index (χ4n) is 2.97. The van der Waals surface area contributed by atoms with E-state index in [1.807, 2.05) is 24.3 Å². The van der Waals surface area contributed by atoms with Crippen molar-refractivity contribution in [3.05, 3.63) is 47.8 Å². The number of nitriles is 1. The molecule has 1 atom stereocenters. The Morgan fingerprint density at radius 2 is 2.13 bits per heavy atom. The van der Waals surface area contributed by atoms with Crippen molar-refractivity contribution in [2.45, 2.75) is 31.9 Å². The van der Waals surface area contributed by atoms with Crippen LogP contribution in [0.3, 0.4) is 0 Å². The van der Waals surface area contributed by atoms with Gasteiger partial charge in [-0.25, -0.2) is 0 Å². The maximum atomic E-state index is 9.75. The van der Waals surface area contributed by atoms with Crippen molar-refractivity contribution in [2.75, 3.05) is 0 Å². The summed E-state index contributed by atoms with van der Waals surface area (Å²) in [5.74, 6) is 0. The normalized spacial score (nSPS) is 15.5. The SMILES string of the molecule is CC(O)c1cc(-c2cc3ccc(C#N)cc3n2C2CC2)cnn1. The Morgan fingerprint density at radius 3 is 2.83 bits per heavy atom. The molecule has 1 unspecified atom stereocenters. The number of nitrogens with zero attached hydrogens (tertiary/aromatic N) is 4. The number of benzene rings is 1. The first kappa shape index (κ1) is 13.9. The molecule has 0 spiro atoms. The van der Waals surface area contributed by atoms with E-state index in [0.717, 1.165) is 35.0 Å². The highest BCUT2D eigenvalue weighted by Gasteiger charge is 2.28. The second kappa shape index (κ2) is 5.18. The summed E-state index contributed by atoms with van der Waals surface area (Å²) in [4.78, 5) is 0. The average molecular weight is 304 g/mol. The topological polar surface area (TPSA) is 74.7 Å². The van der Waals surface area contributed by atoms with E-state index in [4.69, 9.17) is 5.26 Å². The Hall–Kier alpha value is -2.71. The summed E-state index contributed by atoms with van der Waals surface area (Å²) < 4.78 is 2.29. The highest BCUT2D eigenvalue weighted by molar-refractivity contribution is 5.88. The molecular formula is C18H16N4O. The predicted molar refractivity (Wildman–Crippen MR) is 86.6 cm³/mol. The molecule has 0 aliphatic heterocycles. The average Bonchev–Trinajstić information content (AvgIpc) is 3.34. The fourth-order valence-corrected chi connectivity index (χ4v) is 2.97. The quantitative estimate of drug-likeness (QED) is 0.805. The van der Waals surface area contributed by atoms with Crippen molar-refractivity contribution in [1.82, 2.24) is 14.8 Å². The van der Waals surface area contributed by atoms with Crippen LogP contribution in [0.1, 0.15) is 43.2 Å². The van der Waals surface area contributed by atoms with Crippen LogP contribution in [0.15, 0.2) is 36.5 Å². The molecule has 5 heteroatoms. The van der Waals surface area contributed by atoms with Crippen molar-refractivity contribution < 1.29 is 5.11 Å². The van der Waals surface area contributed by atoms with Crippen LogP contribution >= 0.6 is 0 Å². The molecule has 0 saturated heterocycles. The van der Waals surface area contributed by atoms with Crippen LogP contribution in [-0.2, 0) is 0 Å². The molecule has 114 valence electrons. The zero-order chi connectivity index (χ0) is 16.0. The molecule has 1 aromatic carbocycles. The summed E-state index contributed by atoms with van der Waals surface area (Å²) in [5, 5.41) is 28.0. The molecule has 2 aromatic heterocycles. The van der Waals surface area contributed by atoms with Crippen LogP contribution in [0.25, 0.3) is 22.2 Å². The van der Waals surface area contributed by atoms with Crippen molar-refractivity contribution in [2.24, 2.45) is 0 Å². The van der Waals surface area contributed by atoms with Crippen molar-refractivity contribution in [1.29, 1.82) is 5.26 Å². The van der Waals surface area contributed by atoms with Gasteiger partial charge in [-0.05, 0) is 44.0 Å². The second-order valence-corrected chi connectivity index (χ2v) is 6.06. The molecule has 0 bridgehead atoms. The molecule has 5 nitrogen and oxygen atoms in total. The van der Waals surface area contributed by atoms with Gasteiger partial charge in [0.1, 0.15) is 0 Å². The van der Waals surface area contributed by atoms with Gasteiger partial charge in [-0.3, -0.25) is 0 Å². The molecule has 0 radical (unpaired) electrons. The van der Waals surface area contributed by atoms with Gasteiger partial charge in [-0.1, -0.05) is 6.07 Å². The lowest BCUT2D eigenvalue weighted by Gasteiger charge is -2.11. The Labute approximate surface area is 133 Å². The molecule has 1 fully saturated rings. The highest BCUT2D eigenvalue weighted by Crippen LogP contribution is 2.42. The van der Waals surface area contributed by atoms with E-state index in [1.54, 1.807) is 13.1 Å². The maximum absolute atomic E-state index is 9.75. The van der Waals surface area contributed by atoms with Crippen LogP contribution in [0, 0.1) is 11.3 Å². The summed E-state index contributed by atoms with van der Waals surface area (Å²) in [6, 6.07) is 12.5. The van der Waals surface area contributed by atoms with Gasteiger partial charge < -0.3 is 9.67 Å². The summed E-state index contributed by atoms with van der Waals surface area (Å²) in [6.45, 7) is 1.68. The van der Waals surface area contributed by atoms with Crippen LogP contribution in [0.2, 0.25) is 0 Å². The van der Waals surface area contributed by atoms with E-state index in [2.05, 4.69) is 26.9 Å². The van der Waals surface area contributed by atoms with E-state index in [0.29, 0.717) is 17.3 Å². The molecule has 4 rings (SSSR count). The smallest absolute Gasteiger partial charge is 0.0992 e. The minimum atomic E-state index is -0.647. The lowest BCUT2D eigenvalue weighted by molar-refractivity contribution is 0.193. The Kier molecular flexibility index (Phi) is 3.14. The summed E-state index contributed by atoms with van der Waals surface area (Å²) in [6.07, 6.45) is 3.38. The molecule has 1 N–H and O–H groups in total. The van der Waals surface area contributed by atoms with Crippen molar-refractivity contribution in [3.8, 4) is 17.3 Å². The predicted octanol–water partition coefficient (Wildman–Crippen LogP) is 3.36. The van der Waals surface area contributed by atoms with Gasteiger partial charge in [0.25, 0.3) is 0 Å². The largest absolute Gasteiger partial charge is 0.387 e. The Balaban J connectivity index is 1.95. The molecule has 1 saturated carbocycles. The van der Waals surface area contributed by atoms with E-state index in [9.17, 15) is 5.11 Å². The van der Waals surface area contributed by atoms with E-state index >= 15 is 0 Å². The van der Waals surface area contributed by atoms with E-state index < -0.39 is 6.10 Å². The molecule has 3 aromatic rings. The molecule has 23 heavy (non-hydrogen) atoms. The fraction of sp³-hybridized carbons (Fsp3) is 0.278. The minimum Gasteiger partial charge on any atom is -0.387 e. The third-order valence-electron chi connectivity index (χ3n) is 4.28. The van der Waals surface area contributed by atoms with E-state index in [-0.39, 0.29) is 0 Å². The van der Waals surface area contributed by atoms with Gasteiger partial charge in [0.15, 0.2) is 0 Å². The molecule has 1 aliphatic carbocycles. The summed E-state index contributed by atoms with van der Waals surface area (Å²) in [5.41, 5.74) is 4.32. The number of rotatable bonds is 3. The monoisotopic (exact) mass is 304 g/mol. The minimum absolute atomic E-state index is 0.472. The van der Waals surface area contributed by atoms with Gasteiger partial charge in [-0.15, -0.1) is 0 Å². The highest BCUT2D eigenvalue weighted by atomic mass is 16.3. The number of aromatic nitrogens is 3. The van der Waals surface area contributed by atoms with Crippen LogP contribution < -0.4 is 0 Å². The van der Waals surface area contributed by atoms with E-state index in [1.165, 1.54) is 0 Å². The third-order valence-corrected chi connectivity index (χ3v) is 4.28. The van der Waals surface area contributed by atoms with Crippen molar-refractivity contribution in [3.63, 3.8) is 0 Å². The van der Waals surface area contributed by atoms with Gasteiger partial charge in [0.05, 0.1) is 40.8 Å². The summed E-state index contributed by atoms with van der Waals surface area (Å²) >= 11 is 0. The first-order chi connectivity index (χ1) is 11.2. The number of aliphatic hydroxyl groups excluding tert-OH is 1. The van der Waals surface area contributed by atoms with Gasteiger partial charge in [0, 0.05) is 17.0 Å². The number of fused-ring (bicyclic) bond motifs is 1. The number of hydrogen-bond acceptors (Lipinski definition) is 4. The van der Waals surface area contributed by atoms with Gasteiger partial charge in [0.2, 0.25) is 0 Å².